The molecule has 220 valence electrons. The van der Waals surface area contributed by atoms with Crippen LogP contribution in [-0.2, 0) is 21.6 Å². The molecule has 3 N–H and O–H groups in total. The van der Waals surface area contributed by atoms with E-state index in [0.717, 1.165) is 0 Å². The van der Waals surface area contributed by atoms with Gasteiger partial charge < -0.3 is 15.6 Å². The molecule has 0 aliphatic carbocycles. The molecule has 6 rings (SSSR count). The number of nitrogens with two attached hydrogens (primary N) is 1. The lowest BCUT2D eigenvalue weighted by atomic mass is 9.81. The van der Waals surface area contributed by atoms with Gasteiger partial charge in [0.1, 0.15) is 17.2 Å². The molecular weight excluding hydrogens is 553 g/mol. The highest BCUT2D eigenvalue weighted by molar-refractivity contribution is 6.12. The van der Waals surface area contributed by atoms with Crippen LogP contribution in [0.5, 0.6) is 0 Å². The fraction of sp³-hybridized carbons (Fsp3) is 0.212. The van der Waals surface area contributed by atoms with Gasteiger partial charge in [-0.15, -0.1) is 0 Å². The maximum absolute atomic E-state index is 14.1. The molecule has 10 heteroatoms. The van der Waals surface area contributed by atoms with Crippen LogP contribution in [0.15, 0.2) is 83.7 Å². The Bertz CT molecular complexity index is 1830. The quantitative estimate of drug-likeness (QED) is 0.284. The Morgan fingerprint density at radius 2 is 1.65 bits per heavy atom. The third-order valence-corrected chi connectivity index (χ3v) is 7.23. The third kappa shape index (κ3) is 4.94. The van der Waals surface area contributed by atoms with Gasteiger partial charge in [0.05, 0.1) is 23.2 Å². The zero-order valence-corrected chi connectivity index (χ0v) is 24.1. The molecule has 2 aliphatic heterocycles. The summed E-state index contributed by atoms with van der Waals surface area (Å²) in [4.78, 5) is 53.8. The fourth-order valence-corrected chi connectivity index (χ4v) is 5.37. The first-order chi connectivity index (χ1) is 20.3. The van der Waals surface area contributed by atoms with E-state index in [2.05, 4.69) is 0 Å². The second kappa shape index (κ2) is 10.5. The summed E-state index contributed by atoms with van der Waals surface area (Å²) >= 11 is 0. The topological polar surface area (TPSA) is 132 Å². The normalized spacial score (nSPS) is 15.4. The Hall–Kier alpha value is -5.25. The average molecular weight is 584 g/mol. The number of amides is 1. The summed E-state index contributed by atoms with van der Waals surface area (Å²) in [5, 5.41) is 9.23. The number of ether oxygens (including phenoxy) is 1. The lowest BCUT2D eigenvalue weighted by Crippen LogP contribution is -2.68. The molecule has 9 nitrogen and oxygen atoms in total. The number of rotatable bonds is 7. The summed E-state index contributed by atoms with van der Waals surface area (Å²) in [5.74, 6) is -2.18. The van der Waals surface area contributed by atoms with E-state index in [1.165, 1.54) is 40.7 Å². The number of hydrogen-bond acceptors (Lipinski definition) is 6. The number of carboxylic acid groups (broad SMARTS) is 1. The highest BCUT2D eigenvalue weighted by Crippen LogP contribution is 2.47. The summed E-state index contributed by atoms with van der Waals surface area (Å²) in [6.07, 6.45) is -1.03. The zero-order chi connectivity index (χ0) is 31.3. The van der Waals surface area contributed by atoms with E-state index < -0.39 is 40.5 Å². The van der Waals surface area contributed by atoms with Gasteiger partial charge in [-0.25, -0.2) is 14.1 Å². The first-order valence-electron chi connectivity index (χ1n) is 13.5. The number of carbonyl (C=O) groups is 3. The molecule has 2 aliphatic rings. The first kappa shape index (κ1) is 29.2. The number of ketones is 1. The Morgan fingerprint density at radius 3 is 2.21 bits per heavy atom. The molecule has 0 spiro atoms. The van der Waals surface area contributed by atoms with Gasteiger partial charge in [-0.2, -0.15) is 0 Å². The smallest absolute Gasteiger partial charge is 0.417 e. The van der Waals surface area contributed by atoms with Crippen molar-refractivity contribution in [3.05, 3.63) is 128 Å². The summed E-state index contributed by atoms with van der Waals surface area (Å²) < 4.78 is 20.9. The summed E-state index contributed by atoms with van der Waals surface area (Å²) in [5.41, 5.74) is 5.39. The number of nitrogens with zero attached hydrogens (tertiary/aromatic N) is 2. The van der Waals surface area contributed by atoms with E-state index in [1.807, 2.05) is 0 Å². The van der Waals surface area contributed by atoms with Crippen LogP contribution in [0.4, 0.5) is 20.7 Å². The van der Waals surface area contributed by atoms with Crippen molar-refractivity contribution >= 4 is 29.4 Å². The van der Waals surface area contributed by atoms with Gasteiger partial charge in [-0.05, 0) is 75.2 Å². The number of hydrogen-bond donors (Lipinski definition) is 2. The number of aromatic nitrogens is 1. The van der Waals surface area contributed by atoms with Gasteiger partial charge in [0, 0.05) is 11.1 Å². The van der Waals surface area contributed by atoms with E-state index in [0.29, 0.717) is 16.8 Å². The molecule has 1 unspecified atom stereocenters. The maximum Gasteiger partial charge on any atom is 0.417 e. The number of carbonyl (C=O) groups excluding carboxylic acids is 2. The fourth-order valence-electron chi connectivity index (χ4n) is 5.37. The van der Waals surface area contributed by atoms with E-state index >= 15 is 0 Å². The number of pyridine rings is 1. The summed E-state index contributed by atoms with van der Waals surface area (Å²) in [6, 6.07) is 20.3. The third-order valence-electron chi connectivity index (χ3n) is 7.23. The van der Waals surface area contributed by atoms with Crippen LogP contribution in [0, 0.1) is 12.7 Å². The van der Waals surface area contributed by atoms with Gasteiger partial charge in [-0.3, -0.25) is 19.0 Å². The van der Waals surface area contributed by atoms with Crippen molar-refractivity contribution in [2.45, 2.75) is 45.4 Å². The number of nitrogen functional groups attached to an aromatic ring is 1. The second-order valence-corrected chi connectivity index (χ2v) is 11.4. The summed E-state index contributed by atoms with van der Waals surface area (Å²) in [6.45, 7) is 6.65. The van der Waals surface area contributed by atoms with Crippen molar-refractivity contribution in [3.63, 3.8) is 0 Å². The monoisotopic (exact) mass is 583 g/mol. The van der Waals surface area contributed by atoms with E-state index in [9.17, 15) is 28.7 Å². The summed E-state index contributed by atoms with van der Waals surface area (Å²) in [7, 11) is 0. The highest BCUT2D eigenvalue weighted by atomic mass is 19.1. The predicted molar refractivity (Wildman–Crippen MR) is 159 cm³/mol. The number of fused-ring (bicyclic) bond motifs is 2. The van der Waals surface area contributed by atoms with Gasteiger partial charge in [0.15, 0.2) is 11.4 Å². The van der Waals surface area contributed by atoms with Gasteiger partial charge >= 0.3 is 12.1 Å². The molecule has 0 radical (unpaired) electrons. The van der Waals surface area contributed by atoms with Crippen molar-refractivity contribution in [2.24, 2.45) is 0 Å². The lowest BCUT2D eigenvalue weighted by Gasteiger charge is -2.51. The molecule has 4 aromatic rings. The maximum atomic E-state index is 14.1. The van der Waals surface area contributed by atoms with Crippen LogP contribution in [0.25, 0.3) is 0 Å². The highest BCUT2D eigenvalue weighted by Gasteiger charge is 2.57. The van der Waals surface area contributed by atoms with Crippen molar-refractivity contribution in [1.29, 1.82) is 0 Å². The van der Waals surface area contributed by atoms with Crippen molar-refractivity contribution in [2.75, 3.05) is 10.6 Å². The lowest BCUT2D eigenvalue weighted by molar-refractivity contribution is -0.136. The number of halogens is 1. The van der Waals surface area contributed by atoms with Gasteiger partial charge in [0.2, 0.25) is 0 Å². The number of aryl methyl sites for hydroxylation is 1. The largest absolute Gasteiger partial charge is 0.481 e. The van der Waals surface area contributed by atoms with E-state index in [1.54, 1.807) is 75.4 Å². The SMILES string of the molecule is Cc1cc(C(=O)c2cc3c(=O)n(c2N)C3(c2ccccc2)N(C(=O)OC(C)(C)C)c2ccc(CC(=O)O)cc2)ccc1F. The van der Waals surface area contributed by atoms with Crippen molar-refractivity contribution < 1.29 is 28.6 Å². The standard InChI is InChI=1S/C33H30FN3O6/c1-19-16-21(12-15-26(19)34)28(40)24-18-25-30(41)37(29(24)35)33(25,22-8-6-5-7-9-22)36(31(42)43-32(2,3)4)23-13-10-20(11-14-23)17-27(38)39/h5-16,18H,17,35H2,1-4H3,(H,38,39). The number of carboxylic acids is 1. The van der Waals surface area contributed by atoms with Crippen LogP contribution in [0.3, 0.4) is 0 Å². The first-order valence-corrected chi connectivity index (χ1v) is 13.5. The Balaban J connectivity index is 1.75. The van der Waals surface area contributed by atoms with E-state index in [4.69, 9.17) is 10.5 Å². The molecule has 0 saturated carbocycles. The average Bonchev–Trinajstić information content (AvgIpc) is 2.94. The molecule has 0 saturated heterocycles. The van der Waals surface area contributed by atoms with Crippen molar-refractivity contribution in [3.8, 4) is 0 Å². The molecule has 3 aromatic carbocycles. The molecule has 3 heterocycles. The van der Waals surface area contributed by atoms with Crippen molar-refractivity contribution in [1.82, 2.24) is 4.57 Å². The minimum Gasteiger partial charge on any atom is -0.481 e. The zero-order valence-electron chi connectivity index (χ0n) is 24.1. The molecule has 1 atom stereocenters. The Labute approximate surface area is 246 Å². The van der Waals surface area contributed by atoms with Gasteiger partial charge in [0.25, 0.3) is 5.56 Å². The van der Waals surface area contributed by atoms with Crippen LogP contribution in [0.2, 0.25) is 0 Å². The van der Waals surface area contributed by atoms with Crippen LogP contribution < -0.4 is 16.2 Å². The molecule has 1 amide bonds. The van der Waals surface area contributed by atoms with Crippen LogP contribution in [-0.4, -0.2) is 33.1 Å². The van der Waals surface area contributed by atoms with E-state index in [-0.39, 0.29) is 34.5 Å². The van der Waals surface area contributed by atoms with Crippen LogP contribution in [0.1, 0.15) is 58.9 Å². The molecular formula is C33H30FN3O6. The molecule has 1 aromatic heterocycles. The molecule has 43 heavy (non-hydrogen) atoms. The second-order valence-electron chi connectivity index (χ2n) is 11.4. The Morgan fingerprint density at radius 1 is 1.00 bits per heavy atom. The number of benzene rings is 3. The predicted octanol–water partition coefficient (Wildman–Crippen LogP) is 5.24. The number of aliphatic carboxylic acids is 1. The van der Waals surface area contributed by atoms with Gasteiger partial charge in [-0.1, -0.05) is 42.5 Å². The Kier molecular flexibility index (Phi) is 7.17. The van der Waals surface area contributed by atoms with Crippen LogP contribution >= 0.6 is 0 Å². The minimum absolute atomic E-state index is 0.0214. The molecule has 2 bridgehead atoms. The minimum atomic E-state index is -1.64. The number of anilines is 2. The molecule has 0 fully saturated rings.